The molecule has 0 heterocycles. The number of nitrogens with one attached hydrogen (secondary N) is 1. The Morgan fingerprint density at radius 1 is 1.05 bits per heavy atom. The summed E-state index contributed by atoms with van der Waals surface area (Å²) in [5.41, 5.74) is 1.22. The van der Waals surface area contributed by atoms with Gasteiger partial charge in [-0.3, -0.25) is 0 Å². The number of rotatable bonds is 3. The number of halogens is 2. The highest BCUT2D eigenvalue weighted by Crippen LogP contribution is 2.43. The molecule has 2 rings (SSSR count). The van der Waals surface area contributed by atoms with Gasteiger partial charge in [-0.1, -0.05) is 26.8 Å². The van der Waals surface area contributed by atoms with Crippen LogP contribution in [0.2, 0.25) is 0 Å². The summed E-state index contributed by atoms with van der Waals surface area (Å²) in [5, 5.41) is 3.30. The molecular formula is C18H27F2N. The second kappa shape index (κ2) is 6.43. The van der Waals surface area contributed by atoms with E-state index in [1.54, 1.807) is 6.07 Å². The first-order chi connectivity index (χ1) is 9.82. The van der Waals surface area contributed by atoms with Crippen LogP contribution in [0.25, 0.3) is 0 Å². The molecule has 1 saturated carbocycles. The van der Waals surface area contributed by atoms with Crippen molar-refractivity contribution < 1.29 is 8.78 Å². The molecule has 1 unspecified atom stereocenters. The Kier molecular flexibility index (Phi) is 5.03. The largest absolute Gasteiger partial charge is 0.313 e. The van der Waals surface area contributed by atoms with Crippen LogP contribution in [0.4, 0.5) is 8.78 Å². The predicted octanol–water partition coefficient (Wildman–Crippen LogP) is 5.08. The zero-order valence-corrected chi connectivity index (χ0v) is 13.5. The molecule has 1 nitrogen and oxygen atoms in total. The van der Waals surface area contributed by atoms with Gasteiger partial charge in [0, 0.05) is 6.04 Å². The third-order valence-corrected chi connectivity index (χ3v) is 5.08. The molecule has 0 bridgehead atoms. The fourth-order valence-corrected chi connectivity index (χ4v) is 3.70. The van der Waals surface area contributed by atoms with Crippen LogP contribution in [0.15, 0.2) is 18.2 Å². The highest BCUT2D eigenvalue weighted by atomic mass is 19.2. The van der Waals surface area contributed by atoms with Crippen molar-refractivity contribution >= 4 is 0 Å². The molecule has 0 aliphatic heterocycles. The topological polar surface area (TPSA) is 12.0 Å². The molecule has 21 heavy (non-hydrogen) atoms. The van der Waals surface area contributed by atoms with Crippen LogP contribution in [0.1, 0.15) is 58.1 Å². The summed E-state index contributed by atoms with van der Waals surface area (Å²) in [6.07, 6.45) is 4.73. The van der Waals surface area contributed by atoms with E-state index < -0.39 is 11.6 Å². The molecule has 1 aliphatic carbocycles. The zero-order chi connectivity index (χ0) is 15.6. The van der Waals surface area contributed by atoms with Crippen molar-refractivity contribution in [3.8, 4) is 0 Å². The van der Waals surface area contributed by atoms with Crippen LogP contribution in [0.3, 0.4) is 0 Å². The van der Waals surface area contributed by atoms with Gasteiger partial charge < -0.3 is 5.32 Å². The fourth-order valence-electron chi connectivity index (χ4n) is 3.70. The molecule has 0 aromatic heterocycles. The molecule has 0 spiro atoms. The molecule has 1 fully saturated rings. The minimum Gasteiger partial charge on any atom is -0.313 e. The van der Waals surface area contributed by atoms with E-state index in [-0.39, 0.29) is 6.04 Å². The van der Waals surface area contributed by atoms with Crippen molar-refractivity contribution in [2.24, 2.45) is 17.3 Å². The Morgan fingerprint density at radius 2 is 1.67 bits per heavy atom. The molecule has 1 aromatic rings. The lowest BCUT2D eigenvalue weighted by molar-refractivity contribution is 0.134. The Bertz CT molecular complexity index is 471. The van der Waals surface area contributed by atoms with Gasteiger partial charge in [-0.15, -0.1) is 0 Å². The first-order valence-electron chi connectivity index (χ1n) is 7.95. The van der Waals surface area contributed by atoms with Gasteiger partial charge in [0.05, 0.1) is 0 Å². The Labute approximate surface area is 127 Å². The lowest BCUT2D eigenvalue weighted by Crippen LogP contribution is -2.32. The summed E-state index contributed by atoms with van der Waals surface area (Å²) >= 11 is 0. The van der Waals surface area contributed by atoms with Gasteiger partial charge in [0.15, 0.2) is 11.6 Å². The lowest BCUT2D eigenvalue weighted by Gasteiger charge is -2.39. The van der Waals surface area contributed by atoms with E-state index in [0.717, 1.165) is 24.3 Å². The third-order valence-electron chi connectivity index (χ3n) is 5.08. The van der Waals surface area contributed by atoms with E-state index >= 15 is 0 Å². The summed E-state index contributed by atoms with van der Waals surface area (Å²) in [6.45, 7) is 6.93. The molecule has 3 heteroatoms. The molecule has 1 N–H and O–H groups in total. The maximum Gasteiger partial charge on any atom is 0.159 e. The van der Waals surface area contributed by atoms with Crippen LogP contribution >= 0.6 is 0 Å². The minimum absolute atomic E-state index is 0.112. The quantitative estimate of drug-likeness (QED) is 0.820. The average Bonchev–Trinajstić information content (AvgIpc) is 2.43. The van der Waals surface area contributed by atoms with E-state index in [1.807, 2.05) is 7.05 Å². The maximum absolute atomic E-state index is 13.5. The van der Waals surface area contributed by atoms with Crippen LogP contribution in [0, 0.1) is 28.9 Å². The zero-order valence-electron chi connectivity index (χ0n) is 13.5. The van der Waals surface area contributed by atoms with Gasteiger partial charge in [0.2, 0.25) is 0 Å². The van der Waals surface area contributed by atoms with Gasteiger partial charge in [0.1, 0.15) is 0 Å². The Balaban J connectivity index is 2.07. The Hall–Kier alpha value is -0.960. The van der Waals surface area contributed by atoms with E-state index in [4.69, 9.17) is 0 Å². The van der Waals surface area contributed by atoms with Crippen LogP contribution in [-0.2, 0) is 0 Å². The molecule has 1 aromatic carbocycles. The lowest BCUT2D eigenvalue weighted by atomic mass is 9.68. The van der Waals surface area contributed by atoms with E-state index in [2.05, 4.69) is 26.1 Å². The molecule has 0 saturated heterocycles. The molecule has 1 atom stereocenters. The normalized spacial score (nSPS) is 24.9. The van der Waals surface area contributed by atoms with E-state index in [9.17, 15) is 8.78 Å². The molecule has 0 amide bonds. The molecule has 0 radical (unpaired) electrons. The van der Waals surface area contributed by atoms with Crippen molar-refractivity contribution in [1.29, 1.82) is 0 Å². The summed E-state index contributed by atoms with van der Waals surface area (Å²) in [7, 11) is 1.90. The first-order valence-corrected chi connectivity index (χ1v) is 7.95. The van der Waals surface area contributed by atoms with Crippen molar-refractivity contribution in [2.45, 2.75) is 52.5 Å². The Morgan fingerprint density at radius 3 is 2.14 bits per heavy atom. The maximum atomic E-state index is 13.5. The highest BCUT2D eigenvalue weighted by molar-refractivity contribution is 5.22. The summed E-state index contributed by atoms with van der Waals surface area (Å²) in [4.78, 5) is 0. The van der Waals surface area contributed by atoms with Gasteiger partial charge in [-0.25, -0.2) is 8.78 Å². The molecule has 118 valence electrons. The average molecular weight is 295 g/mol. The van der Waals surface area contributed by atoms with Crippen molar-refractivity contribution in [3.05, 3.63) is 35.4 Å². The second-order valence-electron chi connectivity index (χ2n) is 7.42. The molecule has 1 aliphatic rings. The van der Waals surface area contributed by atoms with Gasteiger partial charge >= 0.3 is 0 Å². The van der Waals surface area contributed by atoms with E-state index in [0.29, 0.717) is 11.3 Å². The van der Waals surface area contributed by atoms with Gasteiger partial charge in [-0.05, 0) is 67.7 Å². The smallest absolute Gasteiger partial charge is 0.159 e. The number of hydrogen-bond acceptors (Lipinski definition) is 1. The van der Waals surface area contributed by atoms with Crippen LogP contribution in [0.5, 0.6) is 0 Å². The molecular weight excluding hydrogens is 268 g/mol. The standard InChI is InChI=1S/C18H27F2N/c1-18(2,3)14-8-5-12(6-9-14)17(21-4)13-7-10-15(19)16(20)11-13/h7,10-12,14,17,21H,5-6,8-9H2,1-4H3. The van der Waals surface area contributed by atoms with Crippen molar-refractivity contribution in [3.63, 3.8) is 0 Å². The SMILES string of the molecule is CNC(c1ccc(F)c(F)c1)C1CCC(C(C)(C)C)CC1. The first kappa shape index (κ1) is 16.4. The van der Waals surface area contributed by atoms with E-state index in [1.165, 1.54) is 25.0 Å². The third kappa shape index (κ3) is 3.82. The summed E-state index contributed by atoms with van der Waals surface area (Å²) in [5.74, 6) is -0.268. The minimum atomic E-state index is -0.773. The van der Waals surface area contributed by atoms with Gasteiger partial charge in [-0.2, -0.15) is 0 Å². The highest BCUT2D eigenvalue weighted by Gasteiger charge is 2.33. The van der Waals surface area contributed by atoms with Crippen molar-refractivity contribution in [1.82, 2.24) is 5.32 Å². The van der Waals surface area contributed by atoms with Crippen molar-refractivity contribution in [2.75, 3.05) is 7.05 Å². The predicted molar refractivity (Wildman–Crippen MR) is 83.1 cm³/mol. The van der Waals surface area contributed by atoms with Crippen LogP contribution < -0.4 is 5.32 Å². The summed E-state index contributed by atoms with van der Waals surface area (Å²) in [6, 6.07) is 4.39. The van der Waals surface area contributed by atoms with Gasteiger partial charge in [0.25, 0.3) is 0 Å². The number of benzene rings is 1. The number of hydrogen-bond donors (Lipinski definition) is 1. The monoisotopic (exact) mass is 295 g/mol. The second-order valence-corrected chi connectivity index (χ2v) is 7.42. The van der Waals surface area contributed by atoms with Crippen LogP contribution in [-0.4, -0.2) is 7.05 Å². The summed E-state index contributed by atoms with van der Waals surface area (Å²) < 4.78 is 26.6. The fraction of sp³-hybridized carbons (Fsp3) is 0.667.